The number of hydrogen-bond acceptors (Lipinski definition) is 5. The fourth-order valence-corrected chi connectivity index (χ4v) is 1.24. The zero-order valence-corrected chi connectivity index (χ0v) is 9.65. The summed E-state index contributed by atoms with van der Waals surface area (Å²) in [5.74, 6) is -1.12. The second kappa shape index (κ2) is 6.03. The number of nitrogens with one attached hydrogen (secondary N) is 1. The first-order chi connectivity index (χ1) is 7.99. The van der Waals surface area contributed by atoms with Gasteiger partial charge in [-0.15, -0.1) is 0 Å². The third-order valence-corrected chi connectivity index (χ3v) is 2.12. The van der Waals surface area contributed by atoms with Crippen LogP contribution >= 0.6 is 0 Å². The van der Waals surface area contributed by atoms with Crippen molar-refractivity contribution in [3.8, 4) is 0 Å². The second-order valence-corrected chi connectivity index (χ2v) is 3.79. The Kier molecular flexibility index (Phi) is 4.68. The lowest BCUT2D eigenvalue weighted by Crippen LogP contribution is -2.28. The minimum atomic E-state index is -0.494. The Morgan fingerprint density at radius 1 is 1.59 bits per heavy atom. The van der Waals surface area contributed by atoms with Gasteiger partial charge in [0.2, 0.25) is 5.91 Å². The number of hydrogen-bond donors (Lipinski definition) is 1. The van der Waals surface area contributed by atoms with Gasteiger partial charge in [0.15, 0.2) is 0 Å². The Labute approximate surface area is 99.0 Å². The lowest BCUT2D eigenvalue weighted by molar-refractivity contribution is -0.149. The van der Waals surface area contributed by atoms with Crippen LogP contribution in [-0.2, 0) is 23.9 Å². The van der Waals surface area contributed by atoms with Gasteiger partial charge in [-0.2, -0.15) is 0 Å². The van der Waals surface area contributed by atoms with E-state index in [1.807, 2.05) is 0 Å². The first-order valence-corrected chi connectivity index (χ1v) is 5.28. The van der Waals surface area contributed by atoms with E-state index < -0.39 is 12.1 Å². The zero-order valence-electron chi connectivity index (χ0n) is 9.65. The van der Waals surface area contributed by atoms with Gasteiger partial charge >= 0.3 is 11.9 Å². The molecule has 0 aromatic rings. The summed E-state index contributed by atoms with van der Waals surface area (Å²) in [6.07, 6.45) is -0.333. The summed E-state index contributed by atoms with van der Waals surface area (Å²) in [7, 11) is 0. The molecule has 1 fully saturated rings. The monoisotopic (exact) mass is 241 g/mol. The molecule has 1 heterocycles. The van der Waals surface area contributed by atoms with E-state index >= 15 is 0 Å². The van der Waals surface area contributed by atoms with Gasteiger partial charge in [-0.3, -0.25) is 14.4 Å². The summed E-state index contributed by atoms with van der Waals surface area (Å²) in [5.41, 5.74) is 0.383. The Morgan fingerprint density at radius 3 is 2.82 bits per heavy atom. The Morgan fingerprint density at radius 2 is 2.29 bits per heavy atom. The largest absolute Gasteiger partial charge is 0.462 e. The molecule has 0 bridgehead atoms. The highest BCUT2D eigenvalue weighted by molar-refractivity contribution is 5.92. The molecule has 94 valence electrons. The molecule has 0 radical (unpaired) electrons. The van der Waals surface area contributed by atoms with E-state index in [9.17, 15) is 14.4 Å². The number of carbonyl (C=O) groups excluding carboxylic acids is 3. The predicted octanol–water partition coefficient (Wildman–Crippen LogP) is -0.0725. The van der Waals surface area contributed by atoms with Crippen LogP contribution in [0.2, 0.25) is 0 Å². The third-order valence-electron chi connectivity index (χ3n) is 2.12. The summed E-state index contributed by atoms with van der Waals surface area (Å²) in [4.78, 5) is 33.1. The van der Waals surface area contributed by atoms with E-state index in [2.05, 4.69) is 16.6 Å². The van der Waals surface area contributed by atoms with Crippen molar-refractivity contribution in [1.29, 1.82) is 0 Å². The average molecular weight is 241 g/mol. The van der Waals surface area contributed by atoms with Gasteiger partial charge < -0.3 is 14.8 Å². The molecule has 6 heteroatoms. The predicted molar refractivity (Wildman–Crippen MR) is 57.9 cm³/mol. The summed E-state index contributed by atoms with van der Waals surface area (Å²) in [6, 6.07) is 0. The van der Waals surface area contributed by atoms with Gasteiger partial charge in [0.25, 0.3) is 0 Å². The average Bonchev–Trinajstić information content (AvgIpc) is 2.63. The van der Waals surface area contributed by atoms with E-state index in [-0.39, 0.29) is 37.9 Å². The summed E-state index contributed by atoms with van der Waals surface area (Å²) >= 11 is 0. The first kappa shape index (κ1) is 13.2. The van der Waals surface area contributed by atoms with E-state index in [0.717, 1.165) is 0 Å². The molecule has 0 spiro atoms. The highest BCUT2D eigenvalue weighted by Gasteiger charge is 2.26. The second-order valence-electron chi connectivity index (χ2n) is 3.79. The molecule has 0 aliphatic carbocycles. The molecule has 1 N–H and O–H groups in total. The van der Waals surface area contributed by atoms with Crippen LogP contribution in [0.5, 0.6) is 0 Å². The first-order valence-electron chi connectivity index (χ1n) is 5.28. The molecule has 0 aromatic heterocycles. The molecule has 1 aliphatic rings. The standard InChI is InChI=1S/C11H15NO5/c1-7(2)11(15)12-4-3-9(13)17-8-5-10(14)16-6-8/h8H,1,3-6H2,2H3,(H,12,15). The minimum Gasteiger partial charge on any atom is -0.462 e. The zero-order chi connectivity index (χ0) is 12.8. The number of amides is 1. The number of rotatable bonds is 5. The normalized spacial score (nSPS) is 18.4. The van der Waals surface area contributed by atoms with Crippen LogP contribution in [0.4, 0.5) is 0 Å². The number of carbonyl (C=O) groups is 3. The highest BCUT2D eigenvalue weighted by Crippen LogP contribution is 2.10. The summed E-state index contributed by atoms with van der Waals surface area (Å²) in [5, 5.41) is 2.51. The Hall–Kier alpha value is -1.85. The third kappa shape index (κ3) is 4.67. The molecule has 1 rings (SSSR count). The smallest absolute Gasteiger partial charge is 0.309 e. The summed E-state index contributed by atoms with van der Waals surface area (Å²) in [6.45, 7) is 5.34. The van der Waals surface area contributed by atoms with Crippen molar-refractivity contribution in [3.05, 3.63) is 12.2 Å². The molecule has 1 atom stereocenters. The topological polar surface area (TPSA) is 81.7 Å². The van der Waals surface area contributed by atoms with Crippen molar-refractivity contribution in [3.63, 3.8) is 0 Å². The number of cyclic esters (lactones) is 1. The molecule has 6 nitrogen and oxygen atoms in total. The molecule has 1 amide bonds. The number of ether oxygens (including phenoxy) is 2. The SMILES string of the molecule is C=C(C)C(=O)NCCC(=O)OC1COC(=O)C1. The van der Waals surface area contributed by atoms with Gasteiger partial charge in [-0.05, 0) is 6.92 Å². The van der Waals surface area contributed by atoms with Crippen LogP contribution in [0, 0.1) is 0 Å². The van der Waals surface area contributed by atoms with Gasteiger partial charge in [0.1, 0.15) is 12.7 Å². The quantitative estimate of drug-likeness (QED) is 0.538. The fourth-order valence-electron chi connectivity index (χ4n) is 1.24. The van der Waals surface area contributed by atoms with Crippen LogP contribution in [0.25, 0.3) is 0 Å². The van der Waals surface area contributed by atoms with Gasteiger partial charge in [-0.25, -0.2) is 0 Å². The van der Waals surface area contributed by atoms with Crippen LogP contribution in [-0.4, -0.2) is 37.1 Å². The van der Waals surface area contributed by atoms with E-state index in [4.69, 9.17) is 4.74 Å². The maximum Gasteiger partial charge on any atom is 0.309 e. The molecule has 1 saturated heterocycles. The molecular formula is C11H15NO5. The van der Waals surface area contributed by atoms with Gasteiger partial charge in [0.05, 0.1) is 12.8 Å². The highest BCUT2D eigenvalue weighted by atomic mass is 16.6. The minimum absolute atomic E-state index is 0.0592. The van der Waals surface area contributed by atoms with Crippen LogP contribution in [0.15, 0.2) is 12.2 Å². The van der Waals surface area contributed by atoms with Crippen LogP contribution < -0.4 is 5.32 Å². The van der Waals surface area contributed by atoms with Crippen molar-refractivity contribution in [2.75, 3.05) is 13.2 Å². The molecule has 1 aliphatic heterocycles. The Balaban J connectivity index is 2.15. The van der Waals surface area contributed by atoms with E-state index in [1.54, 1.807) is 6.92 Å². The molecule has 17 heavy (non-hydrogen) atoms. The maximum atomic E-state index is 11.3. The maximum absolute atomic E-state index is 11.3. The van der Waals surface area contributed by atoms with E-state index in [0.29, 0.717) is 5.57 Å². The molecule has 0 aromatic carbocycles. The van der Waals surface area contributed by atoms with Gasteiger partial charge in [0, 0.05) is 12.1 Å². The lowest BCUT2D eigenvalue weighted by Gasteiger charge is -2.09. The van der Waals surface area contributed by atoms with Gasteiger partial charge in [-0.1, -0.05) is 6.58 Å². The molecule has 0 saturated carbocycles. The van der Waals surface area contributed by atoms with Crippen molar-refractivity contribution in [1.82, 2.24) is 5.32 Å². The Bertz CT molecular complexity index is 350. The van der Waals surface area contributed by atoms with E-state index in [1.165, 1.54) is 0 Å². The summed E-state index contributed by atoms with van der Waals surface area (Å²) < 4.78 is 9.61. The van der Waals surface area contributed by atoms with Crippen molar-refractivity contribution >= 4 is 17.8 Å². The van der Waals surface area contributed by atoms with Crippen LogP contribution in [0.3, 0.4) is 0 Å². The fraction of sp³-hybridized carbons (Fsp3) is 0.545. The number of esters is 2. The lowest BCUT2D eigenvalue weighted by atomic mass is 10.3. The van der Waals surface area contributed by atoms with Crippen molar-refractivity contribution in [2.24, 2.45) is 0 Å². The van der Waals surface area contributed by atoms with Crippen molar-refractivity contribution in [2.45, 2.75) is 25.9 Å². The molecule has 1 unspecified atom stereocenters. The van der Waals surface area contributed by atoms with Crippen molar-refractivity contribution < 1.29 is 23.9 Å². The van der Waals surface area contributed by atoms with Crippen LogP contribution in [0.1, 0.15) is 19.8 Å². The molecular weight excluding hydrogens is 226 g/mol.